The summed E-state index contributed by atoms with van der Waals surface area (Å²) in [6.07, 6.45) is 2.11. The minimum Gasteiger partial charge on any atom is -0.302 e. The number of thiazole rings is 2. The van der Waals surface area contributed by atoms with E-state index in [-0.39, 0.29) is 11.8 Å². The number of anilines is 2. The lowest BCUT2D eigenvalue weighted by atomic mass is 10.2. The van der Waals surface area contributed by atoms with Gasteiger partial charge in [-0.15, -0.1) is 22.7 Å². The molecule has 0 spiro atoms. The summed E-state index contributed by atoms with van der Waals surface area (Å²) in [5, 5.41) is 6.88. The number of aryl methyl sites for hydroxylation is 4. The Hall–Kier alpha value is -1.80. The van der Waals surface area contributed by atoms with E-state index in [2.05, 4.69) is 20.6 Å². The average Bonchev–Trinajstić information content (AvgIpc) is 2.97. The summed E-state index contributed by atoms with van der Waals surface area (Å²) < 4.78 is 0. The number of aromatic nitrogens is 2. The van der Waals surface area contributed by atoms with Gasteiger partial charge in [0.1, 0.15) is 0 Å². The predicted molar refractivity (Wildman–Crippen MR) is 98.9 cm³/mol. The smallest absolute Gasteiger partial charge is 0.226 e. The number of hydrogen-bond donors (Lipinski definition) is 2. The second-order valence-electron chi connectivity index (χ2n) is 5.62. The maximum absolute atomic E-state index is 11.9. The molecule has 0 saturated carbocycles. The minimum absolute atomic E-state index is 0.0599. The molecule has 0 aliphatic rings. The third kappa shape index (κ3) is 5.38. The molecule has 6 nitrogen and oxygen atoms in total. The minimum atomic E-state index is -0.0599. The van der Waals surface area contributed by atoms with Crippen LogP contribution in [0.1, 0.15) is 46.8 Å². The summed E-state index contributed by atoms with van der Waals surface area (Å²) in [6, 6.07) is 0. The Morgan fingerprint density at radius 3 is 1.46 bits per heavy atom. The molecule has 2 rings (SSSR count). The van der Waals surface area contributed by atoms with Crippen molar-refractivity contribution < 1.29 is 9.59 Å². The molecular weight excluding hydrogens is 344 g/mol. The van der Waals surface area contributed by atoms with Crippen LogP contribution in [0.4, 0.5) is 10.3 Å². The van der Waals surface area contributed by atoms with Gasteiger partial charge in [-0.3, -0.25) is 9.59 Å². The maximum Gasteiger partial charge on any atom is 0.226 e. The second kappa shape index (κ2) is 8.34. The van der Waals surface area contributed by atoms with Gasteiger partial charge in [0.2, 0.25) is 11.8 Å². The highest BCUT2D eigenvalue weighted by molar-refractivity contribution is 7.16. The van der Waals surface area contributed by atoms with Gasteiger partial charge in [0.15, 0.2) is 10.3 Å². The topological polar surface area (TPSA) is 84.0 Å². The standard InChI is InChI=1S/C16H22N4O2S2/c1-9-11(3)23-15(17-9)19-13(21)7-5-6-8-14(22)20-16-18-10(2)12(4)24-16/h5-8H2,1-4H3,(H,17,19,21)(H,18,20,22). The molecule has 8 heteroatoms. The van der Waals surface area contributed by atoms with Crippen LogP contribution in [0.3, 0.4) is 0 Å². The van der Waals surface area contributed by atoms with Crippen molar-refractivity contribution in [3.63, 3.8) is 0 Å². The number of carbonyl (C=O) groups is 2. The summed E-state index contributed by atoms with van der Waals surface area (Å²) in [4.78, 5) is 34.5. The van der Waals surface area contributed by atoms with E-state index in [9.17, 15) is 9.59 Å². The first-order valence-electron chi connectivity index (χ1n) is 7.83. The average molecular weight is 367 g/mol. The first-order chi connectivity index (χ1) is 11.3. The fourth-order valence-electron chi connectivity index (χ4n) is 1.99. The van der Waals surface area contributed by atoms with Crippen LogP contribution in [0, 0.1) is 27.7 Å². The third-order valence-corrected chi connectivity index (χ3v) is 5.58. The zero-order valence-electron chi connectivity index (χ0n) is 14.4. The fraction of sp³-hybridized carbons (Fsp3) is 0.500. The molecule has 0 saturated heterocycles. The normalized spacial score (nSPS) is 10.7. The van der Waals surface area contributed by atoms with Gasteiger partial charge < -0.3 is 10.6 Å². The Bertz CT molecular complexity index is 635. The Kier molecular flexibility index (Phi) is 6.44. The molecule has 0 fully saturated rings. The van der Waals surface area contributed by atoms with E-state index in [1.165, 1.54) is 22.7 Å². The molecule has 0 atom stereocenters. The molecular formula is C16H22N4O2S2. The van der Waals surface area contributed by atoms with Crippen molar-refractivity contribution >= 4 is 44.8 Å². The van der Waals surface area contributed by atoms with Gasteiger partial charge in [-0.05, 0) is 40.5 Å². The largest absolute Gasteiger partial charge is 0.302 e. The monoisotopic (exact) mass is 366 g/mol. The molecule has 24 heavy (non-hydrogen) atoms. The van der Waals surface area contributed by atoms with E-state index >= 15 is 0 Å². The van der Waals surface area contributed by atoms with Gasteiger partial charge in [0.05, 0.1) is 11.4 Å². The van der Waals surface area contributed by atoms with Crippen molar-refractivity contribution in [1.82, 2.24) is 9.97 Å². The van der Waals surface area contributed by atoms with Crippen LogP contribution in [-0.4, -0.2) is 21.8 Å². The lowest BCUT2D eigenvalue weighted by molar-refractivity contribution is -0.118. The van der Waals surface area contributed by atoms with Crippen LogP contribution in [0.25, 0.3) is 0 Å². The summed E-state index contributed by atoms with van der Waals surface area (Å²) >= 11 is 2.96. The van der Waals surface area contributed by atoms with E-state index in [0.29, 0.717) is 35.9 Å². The molecule has 2 amide bonds. The van der Waals surface area contributed by atoms with E-state index in [1.807, 2.05) is 27.7 Å². The highest BCUT2D eigenvalue weighted by Gasteiger charge is 2.10. The van der Waals surface area contributed by atoms with Crippen LogP contribution >= 0.6 is 22.7 Å². The van der Waals surface area contributed by atoms with Gasteiger partial charge in [-0.1, -0.05) is 0 Å². The number of rotatable bonds is 7. The van der Waals surface area contributed by atoms with Crippen molar-refractivity contribution in [2.24, 2.45) is 0 Å². The predicted octanol–water partition coefficient (Wildman–Crippen LogP) is 3.97. The van der Waals surface area contributed by atoms with Crippen LogP contribution in [-0.2, 0) is 9.59 Å². The van der Waals surface area contributed by atoms with Crippen LogP contribution < -0.4 is 10.6 Å². The van der Waals surface area contributed by atoms with Gasteiger partial charge in [0.25, 0.3) is 0 Å². The van der Waals surface area contributed by atoms with Crippen LogP contribution in [0.2, 0.25) is 0 Å². The van der Waals surface area contributed by atoms with E-state index < -0.39 is 0 Å². The fourth-order valence-corrected chi connectivity index (χ4v) is 3.65. The van der Waals surface area contributed by atoms with E-state index in [0.717, 1.165) is 21.1 Å². The number of nitrogens with zero attached hydrogens (tertiary/aromatic N) is 2. The molecule has 0 aromatic carbocycles. The lowest BCUT2D eigenvalue weighted by Gasteiger charge is -2.03. The molecule has 0 radical (unpaired) electrons. The molecule has 2 N–H and O–H groups in total. The Labute approximate surface area is 149 Å². The van der Waals surface area contributed by atoms with Crippen molar-refractivity contribution in [3.8, 4) is 0 Å². The maximum atomic E-state index is 11.9. The Balaban J connectivity index is 1.65. The van der Waals surface area contributed by atoms with E-state index in [1.54, 1.807) is 0 Å². The molecule has 2 aromatic heterocycles. The summed E-state index contributed by atoms with van der Waals surface area (Å²) in [5.74, 6) is -0.120. The summed E-state index contributed by atoms with van der Waals surface area (Å²) in [5.41, 5.74) is 1.89. The molecule has 2 heterocycles. The Morgan fingerprint density at radius 2 is 1.17 bits per heavy atom. The number of amides is 2. The first kappa shape index (κ1) is 18.5. The highest BCUT2D eigenvalue weighted by atomic mass is 32.1. The number of hydrogen-bond acceptors (Lipinski definition) is 6. The quantitative estimate of drug-likeness (QED) is 0.726. The number of carbonyl (C=O) groups excluding carboxylic acids is 2. The SMILES string of the molecule is Cc1nc(NC(=O)CCCCC(=O)Nc2nc(C)c(C)s2)sc1C. The molecule has 0 bridgehead atoms. The molecule has 130 valence electrons. The van der Waals surface area contributed by atoms with Gasteiger partial charge >= 0.3 is 0 Å². The van der Waals surface area contributed by atoms with Crippen molar-refractivity contribution in [2.45, 2.75) is 53.4 Å². The van der Waals surface area contributed by atoms with Gasteiger partial charge in [0, 0.05) is 22.6 Å². The van der Waals surface area contributed by atoms with Crippen LogP contribution in [0.5, 0.6) is 0 Å². The summed E-state index contributed by atoms with van der Waals surface area (Å²) in [7, 11) is 0. The van der Waals surface area contributed by atoms with Crippen molar-refractivity contribution in [3.05, 3.63) is 21.1 Å². The highest BCUT2D eigenvalue weighted by Crippen LogP contribution is 2.22. The van der Waals surface area contributed by atoms with Gasteiger partial charge in [-0.2, -0.15) is 0 Å². The lowest BCUT2D eigenvalue weighted by Crippen LogP contribution is -2.13. The molecule has 0 aliphatic heterocycles. The first-order valence-corrected chi connectivity index (χ1v) is 9.46. The number of unbranched alkanes of at least 4 members (excludes halogenated alkanes) is 1. The number of nitrogens with one attached hydrogen (secondary N) is 2. The van der Waals surface area contributed by atoms with Crippen molar-refractivity contribution in [2.75, 3.05) is 10.6 Å². The van der Waals surface area contributed by atoms with Crippen molar-refractivity contribution in [1.29, 1.82) is 0 Å². The molecule has 0 aliphatic carbocycles. The summed E-state index contributed by atoms with van der Waals surface area (Å²) in [6.45, 7) is 7.80. The van der Waals surface area contributed by atoms with Crippen LogP contribution in [0.15, 0.2) is 0 Å². The van der Waals surface area contributed by atoms with Gasteiger partial charge in [-0.25, -0.2) is 9.97 Å². The molecule has 2 aromatic rings. The molecule has 0 unspecified atom stereocenters. The Morgan fingerprint density at radius 1 is 0.792 bits per heavy atom. The zero-order chi connectivity index (χ0) is 17.7. The third-order valence-electron chi connectivity index (χ3n) is 3.61. The second-order valence-corrected chi connectivity index (χ2v) is 8.03. The zero-order valence-corrected chi connectivity index (χ0v) is 16.0. The van der Waals surface area contributed by atoms with E-state index in [4.69, 9.17) is 0 Å².